The van der Waals surface area contributed by atoms with E-state index in [4.69, 9.17) is 5.73 Å². The summed E-state index contributed by atoms with van der Waals surface area (Å²) in [5.41, 5.74) is 6.01. The number of nitrogens with zero attached hydrogens (tertiary/aromatic N) is 3. The fourth-order valence-corrected chi connectivity index (χ4v) is 1.89. The molecule has 0 spiro atoms. The van der Waals surface area contributed by atoms with Gasteiger partial charge in [-0.15, -0.1) is 0 Å². The van der Waals surface area contributed by atoms with E-state index >= 15 is 0 Å². The molecule has 0 saturated carbocycles. The van der Waals surface area contributed by atoms with Gasteiger partial charge in [-0.3, -0.25) is 0 Å². The molecule has 1 saturated heterocycles. The van der Waals surface area contributed by atoms with Crippen molar-refractivity contribution in [2.24, 2.45) is 5.73 Å². The van der Waals surface area contributed by atoms with Gasteiger partial charge in [0.2, 0.25) is 5.95 Å². The number of hydrogen-bond acceptors (Lipinski definition) is 4. The largest absolute Gasteiger partial charge is 0.337 e. The average Bonchev–Trinajstić information content (AvgIpc) is 2.23. The Balaban J connectivity index is 2.17. The van der Waals surface area contributed by atoms with Gasteiger partial charge in [0, 0.05) is 31.0 Å². The molecule has 2 heterocycles. The van der Waals surface area contributed by atoms with Crippen molar-refractivity contribution in [3.05, 3.63) is 18.5 Å². The molecule has 0 aliphatic carbocycles. The third-order valence-corrected chi connectivity index (χ3v) is 2.86. The topological polar surface area (TPSA) is 55.0 Å². The molecule has 1 aromatic heterocycles. The van der Waals surface area contributed by atoms with Crippen LogP contribution in [0.1, 0.15) is 19.8 Å². The summed E-state index contributed by atoms with van der Waals surface area (Å²) in [5, 5.41) is 0. The van der Waals surface area contributed by atoms with Gasteiger partial charge < -0.3 is 10.6 Å². The van der Waals surface area contributed by atoms with E-state index in [1.807, 2.05) is 6.07 Å². The van der Waals surface area contributed by atoms with Crippen molar-refractivity contribution in [1.82, 2.24) is 9.97 Å². The van der Waals surface area contributed by atoms with Crippen molar-refractivity contribution >= 4 is 5.95 Å². The summed E-state index contributed by atoms with van der Waals surface area (Å²) in [5.74, 6) is 0.801. The Labute approximate surface area is 84.2 Å². The normalized spacial score (nSPS) is 27.7. The second-order valence-corrected chi connectivity index (χ2v) is 3.79. The van der Waals surface area contributed by atoms with Crippen molar-refractivity contribution in [3.63, 3.8) is 0 Å². The molecule has 0 bridgehead atoms. The molecule has 2 N–H and O–H groups in total. The maximum absolute atomic E-state index is 6.01. The maximum Gasteiger partial charge on any atom is 0.225 e. The lowest BCUT2D eigenvalue weighted by atomic mass is 9.99. The van der Waals surface area contributed by atoms with E-state index in [1.54, 1.807) is 12.4 Å². The van der Waals surface area contributed by atoms with Crippen LogP contribution in [0.5, 0.6) is 0 Å². The minimum absolute atomic E-state index is 0.243. The summed E-state index contributed by atoms with van der Waals surface area (Å²) in [6.07, 6.45) is 5.78. The van der Waals surface area contributed by atoms with Crippen molar-refractivity contribution < 1.29 is 0 Å². The van der Waals surface area contributed by atoms with Crippen LogP contribution in [0.25, 0.3) is 0 Å². The molecule has 1 fully saturated rings. The first-order valence-corrected chi connectivity index (χ1v) is 5.08. The quantitative estimate of drug-likeness (QED) is 0.715. The molecule has 14 heavy (non-hydrogen) atoms. The van der Waals surface area contributed by atoms with Crippen molar-refractivity contribution in [2.75, 3.05) is 11.4 Å². The summed E-state index contributed by atoms with van der Waals surface area (Å²) >= 11 is 0. The van der Waals surface area contributed by atoms with Crippen LogP contribution in [-0.4, -0.2) is 28.6 Å². The zero-order valence-corrected chi connectivity index (χ0v) is 8.43. The second kappa shape index (κ2) is 3.92. The first-order chi connectivity index (χ1) is 6.79. The molecule has 2 rings (SSSR count). The van der Waals surface area contributed by atoms with Gasteiger partial charge in [0.25, 0.3) is 0 Å². The fraction of sp³-hybridized carbons (Fsp3) is 0.600. The standard InChI is InChI=1S/C10H16N4/c1-8-9(11)4-2-7-14(8)10-12-5-3-6-13-10/h3,5-6,8-9H,2,4,7,11H2,1H3/t8-,9-/m1/s1. The lowest BCUT2D eigenvalue weighted by Crippen LogP contribution is -2.51. The molecule has 1 aliphatic rings. The second-order valence-electron chi connectivity index (χ2n) is 3.79. The first kappa shape index (κ1) is 9.40. The molecule has 4 nitrogen and oxygen atoms in total. The minimum atomic E-state index is 0.243. The number of nitrogens with two attached hydrogens (primary N) is 1. The van der Waals surface area contributed by atoms with Crippen LogP contribution >= 0.6 is 0 Å². The predicted molar refractivity (Wildman–Crippen MR) is 56.0 cm³/mol. The SMILES string of the molecule is C[C@@H]1[C@H](N)CCCN1c1ncccn1. The Kier molecular flexibility index (Phi) is 2.63. The van der Waals surface area contributed by atoms with Crippen LogP contribution in [0.15, 0.2) is 18.5 Å². The average molecular weight is 192 g/mol. The molecule has 0 radical (unpaired) electrons. The van der Waals surface area contributed by atoms with Gasteiger partial charge in [-0.2, -0.15) is 0 Å². The summed E-state index contributed by atoms with van der Waals surface area (Å²) in [7, 11) is 0. The van der Waals surface area contributed by atoms with E-state index in [2.05, 4.69) is 21.8 Å². The molecular weight excluding hydrogens is 176 g/mol. The molecule has 4 heteroatoms. The fourth-order valence-electron chi connectivity index (χ4n) is 1.89. The van der Waals surface area contributed by atoms with Gasteiger partial charge in [-0.05, 0) is 25.8 Å². The predicted octanol–water partition coefficient (Wildman–Crippen LogP) is 0.793. The van der Waals surface area contributed by atoms with Gasteiger partial charge >= 0.3 is 0 Å². The molecule has 76 valence electrons. The highest BCUT2D eigenvalue weighted by Crippen LogP contribution is 2.19. The third-order valence-electron chi connectivity index (χ3n) is 2.86. The van der Waals surface area contributed by atoms with Crippen LogP contribution in [0.3, 0.4) is 0 Å². The van der Waals surface area contributed by atoms with E-state index < -0.39 is 0 Å². The summed E-state index contributed by atoms with van der Waals surface area (Å²) in [4.78, 5) is 10.7. The molecule has 0 aromatic carbocycles. The lowest BCUT2D eigenvalue weighted by Gasteiger charge is -2.37. The van der Waals surface area contributed by atoms with E-state index in [0.717, 1.165) is 25.3 Å². The molecular formula is C10H16N4. The highest BCUT2D eigenvalue weighted by Gasteiger charge is 2.26. The zero-order valence-electron chi connectivity index (χ0n) is 8.43. The first-order valence-electron chi connectivity index (χ1n) is 5.08. The van der Waals surface area contributed by atoms with Crippen LogP contribution < -0.4 is 10.6 Å². The van der Waals surface area contributed by atoms with Crippen molar-refractivity contribution in [3.8, 4) is 0 Å². The summed E-state index contributed by atoms with van der Waals surface area (Å²) < 4.78 is 0. The van der Waals surface area contributed by atoms with Crippen LogP contribution in [0.2, 0.25) is 0 Å². The van der Waals surface area contributed by atoms with Crippen molar-refractivity contribution in [2.45, 2.75) is 31.8 Å². The molecule has 2 atom stereocenters. The highest BCUT2D eigenvalue weighted by molar-refractivity contribution is 5.31. The smallest absolute Gasteiger partial charge is 0.225 e. The van der Waals surface area contributed by atoms with Gasteiger partial charge in [0.1, 0.15) is 0 Å². The number of rotatable bonds is 1. The van der Waals surface area contributed by atoms with E-state index in [-0.39, 0.29) is 6.04 Å². The molecule has 0 amide bonds. The minimum Gasteiger partial charge on any atom is -0.337 e. The monoisotopic (exact) mass is 192 g/mol. The Bertz CT molecular complexity index is 287. The number of piperidine rings is 1. The Hall–Kier alpha value is -1.16. The Morgan fingerprint density at radius 3 is 2.86 bits per heavy atom. The van der Waals surface area contributed by atoms with E-state index in [9.17, 15) is 0 Å². The number of anilines is 1. The maximum atomic E-state index is 6.01. The van der Waals surface area contributed by atoms with Crippen LogP contribution in [0.4, 0.5) is 5.95 Å². The van der Waals surface area contributed by atoms with E-state index in [0.29, 0.717) is 6.04 Å². The molecule has 0 unspecified atom stereocenters. The van der Waals surface area contributed by atoms with E-state index in [1.165, 1.54) is 0 Å². The van der Waals surface area contributed by atoms with Gasteiger partial charge in [0.15, 0.2) is 0 Å². The number of hydrogen-bond donors (Lipinski definition) is 1. The van der Waals surface area contributed by atoms with Gasteiger partial charge in [-0.1, -0.05) is 0 Å². The Morgan fingerprint density at radius 2 is 2.14 bits per heavy atom. The van der Waals surface area contributed by atoms with Gasteiger partial charge in [-0.25, -0.2) is 9.97 Å². The van der Waals surface area contributed by atoms with Gasteiger partial charge in [0.05, 0.1) is 0 Å². The zero-order chi connectivity index (χ0) is 9.97. The van der Waals surface area contributed by atoms with Crippen molar-refractivity contribution in [1.29, 1.82) is 0 Å². The summed E-state index contributed by atoms with van der Waals surface area (Å²) in [6, 6.07) is 2.41. The highest BCUT2D eigenvalue weighted by atomic mass is 15.3. The number of aromatic nitrogens is 2. The summed E-state index contributed by atoms with van der Waals surface area (Å²) in [6.45, 7) is 3.15. The Morgan fingerprint density at radius 1 is 1.43 bits per heavy atom. The molecule has 1 aliphatic heterocycles. The molecule has 1 aromatic rings. The van der Waals surface area contributed by atoms with Crippen LogP contribution in [0, 0.1) is 0 Å². The van der Waals surface area contributed by atoms with Crippen LogP contribution in [-0.2, 0) is 0 Å². The third kappa shape index (κ3) is 1.70. The lowest BCUT2D eigenvalue weighted by molar-refractivity contribution is 0.415.